The van der Waals surface area contributed by atoms with E-state index in [2.05, 4.69) is 13.8 Å². The van der Waals surface area contributed by atoms with Crippen LogP contribution in [0.5, 0.6) is 0 Å². The Hall–Kier alpha value is 0.270. The smallest absolute Gasteiger partial charge is 0.0643 e. The van der Waals surface area contributed by atoms with E-state index in [9.17, 15) is 0 Å². The van der Waals surface area contributed by atoms with Crippen molar-refractivity contribution in [1.82, 2.24) is 0 Å². The Labute approximate surface area is 86.6 Å². The topological polar surface area (TPSA) is 35.2 Å². The van der Waals surface area contributed by atoms with E-state index in [1.165, 1.54) is 11.5 Å². The molecule has 0 heterocycles. The lowest BCUT2D eigenvalue weighted by Crippen LogP contribution is -2.40. The van der Waals surface area contributed by atoms with E-state index in [0.717, 1.165) is 19.4 Å². The van der Waals surface area contributed by atoms with Gasteiger partial charge in [0.2, 0.25) is 0 Å². The van der Waals surface area contributed by atoms with E-state index in [4.69, 9.17) is 10.5 Å². The van der Waals surface area contributed by atoms with Gasteiger partial charge < -0.3 is 10.5 Å². The van der Waals surface area contributed by atoms with Gasteiger partial charge in [0.1, 0.15) is 0 Å². The molecule has 80 valence electrons. The number of rotatable bonds is 8. The summed E-state index contributed by atoms with van der Waals surface area (Å²) >= 11 is 1.96. The van der Waals surface area contributed by atoms with Crippen LogP contribution >= 0.6 is 11.8 Å². The molecule has 2 N–H and O–H groups in total. The van der Waals surface area contributed by atoms with Gasteiger partial charge >= 0.3 is 0 Å². The van der Waals surface area contributed by atoms with Crippen LogP contribution in [0.25, 0.3) is 0 Å². The van der Waals surface area contributed by atoms with Crippen molar-refractivity contribution in [2.75, 3.05) is 24.7 Å². The fraction of sp³-hybridized carbons (Fsp3) is 1.00. The first-order valence-corrected chi connectivity index (χ1v) is 6.22. The normalized spacial score (nSPS) is 15.7. The maximum Gasteiger partial charge on any atom is 0.0643 e. The van der Waals surface area contributed by atoms with Gasteiger partial charge in [-0.2, -0.15) is 11.8 Å². The summed E-state index contributed by atoms with van der Waals surface area (Å²) in [6.07, 6.45) is 2.11. The summed E-state index contributed by atoms with van der Waals surface area (Å²) in [5.41, 5.74) is 5.79. The highest BCUT2D eigenvalue weighted by Crippen LogP contribution is 2.06. The molecule has 0 aliphatic rings. The second-order valence-electron chi connectivity index (χ2n) is 3.61. The highest BCUT2D eigenvalue weighted by Gasteiger charge is 2.14. The highest BCUT2D eigenvalue weighted by molar-refractivity contribution is 7.99. The third kappa shape index (κ3) is 8.60. The molecule has 0 saturated heterocycles. The molecule has 0 aromatic carbocycles. The molecule has 0 amide bonds. The van der Waals surface area contributed by atoms with E-state index in [1.54, 1.807) is 0 Å². The average Bonchev–Trinajstić information content (AvgIpc) is 2.11. The van der Waals surface area contributed by atoms with Crippen LogP contribution < -0.4 is 5.73 Å². The molecule has 3 heteroatoms. The minimum Gasteiger partial charge on any atom is -0.380 e. The Bertz CT molecular complexity index is 117. The van der Waals surface area contributed by atoms with Crippen molar-refractivity contribution < 1.29 is 4.74 Å². The average molecular weight is 205 g/mol. The molecule has 0 spiro atoms. The summed E-state index contributed by atoms with van der Waals surface area (Å²) in [6.45, 7) is 7.84. The molecule has 0 radical (unpaired) electrons. The third-order valence-electron chi connectivity index (χ3n) is 2.02. The summed E-state index contributed by atoms with van der Waals surface area (Å²) < 4.78 is 5.50. The summed E-state index contributed by atoms with van der Waals surface area (Å²) in [6, 6.07) is 0. The van der Waals surface area contributed by atoms with Crippen LogP contribution in [-0.4, -0.2) is 30.3 Å². The van der Waals surface area contributed by atoms with Crippen LogP contribution in [0.3, 0.4) is 0 Å². The number of hydrogen-bond donors (Lipinski definition) is 1. The largest absolute Gasteiger partial charge is 0.380 e. The number of hydrogen-bond acceptors (Lipinski definition) is 3. The lowest BCUT2D eigenvalue weighted by atomic mass is 10.0. The third-order valence-corrected chi connectivity index (χ3v) is 3.01. The monoisotopic (exact) mass is 205 g/mol. The van der Waals surface area contributed by atoms with Crippen molar-refractivity contribution in [3.63, 3.8) is 0 Å². The summed E-state index contributed by atoms with van der Waals surface area (Å²) in [5, 5.41) is 0. The van der Waals surface area contributed by atoms with Crippen molar-refractivity contribution in [3.05, 3.63) is 0 Å². The summed E-state index contributed by atoms with van der Waals surface area (Å²) in [4.78, 5) is 0. The van der Waals surface area contributed by atoms with Gasteiger partial charge in [-0.1, -0.05) is 13.8 Å². The van der Waals surface area contributed by atoms with Gasteiger partial charge in [-0.3, -0.25) is 0 Å². The molecule has 2 nitrogen and oxygen atoms in total. The molecule has 0 aliphatic carbocycles. The standard InChI is InChI=1S/C10H23NOS/c1-4-10(3,11)9-12-7-6-8-13-5-2/h4-9,11H2,1-3H3. The molecule has 0 fully saturated rings. The Morgan fingerprint density at radius 1 is 1.38 bits per heavy atom. The quantitative estimate of drug-likeness (QED) is 0.617. The molecule has 13 heavy (non-hydrogen) atoms. The SMILES string of the molecule is CCSCCCOCC(C)(N)CC. The van der Waals surface area contributed by atoms with Crippen LogP contribution in [0.2, 0.25) is 0 Å². The van der Waals surface area contributed by atoms with Crippen molar-refractivity contribution in [3.8, 4) is 0 Å². The molecule has 0 aromatic rings. The lowest BCUT2D eigenvalue weighted by molar-refractivity contribution is 0.0905. The maximum atomic E-state index is 5.93. The van der Waals surface area contributed by atoms with E-state index >= 15 is 0 Å². The zero-order chi connectivity index (χ0) is 10.2. The van der Waals surface area contributed by atoms with Crippen LogP contribution in [-0.2, 0) is 4.74 Å². The predicted molar refractivity (Wildman–Crippen MR) is 61.3 cm³/mol. The Morgan fingerprint density at radius 3 is 2.62 bits per heavy atom. The second-order valence-corrected chi connectivity index (χ2v) is 5.00. The molecular weight excluding hydrogens is 182 g/mol. The molecule has 1 atom stereocenters. The summed E-state index contributed by atoms with van der Waals surface area (Å²) in [5.74, 6) is 2.40. The molecule has 0 bridgehead atoms. The van der Waals surface area contributed by atoms with Gasteiger partial charge in [-0.25, -0.2) is 0 Å². The zero-order valence-electron chi connectivity index (χ0n) is 9.14. The Balaban J connectivity index is 3.16. The molecule has 0 aromatic heterocycles. The zero-order valence-corrected chi connectivity index (χ0v) is 9.95. The molecule has 0 aliphatic heterocycles. The minimum atomic E-state index is -0.141. The number of ether oxygens (including phenoxy) is 1. The fourth-order valence-corrected chi connectivity index (χ4v) is 1.43. The predicted octanol–water partition coefficient (Wildman–Crippen LogP) is 2.27. The Kier molecular flexibility index (Phi) is 7.81. The maximum absolute atomic E-state index is 5.93. The number of thioether (sulfide) groups is 1. The Morgan fingerprint density at radius 2 is 2.08 bits per heavy atom. The van der Waals surface area contributed by atoms with Crippen LogP contribution in [0.15, 0.2) is 0 Å². The lowest BCUT2D eigenvalue weighted by Gasteiger charge is -2.22. The van der Waals surface area contributed by atoms with E-state index in [0.29, 0.717) is 6.61 Å². The minimum absolute atomic E-state index is 0.141. The molecule has 1 unspecified atom stereocenters. The molecule has 0 rings (SSSR count). The van der Waals surface area contributed by atoms with Gasteiger partial charge in [-0.05, 0) is 31.3 Å². The fourth-order valence-electron chi connectivity index (χ4n) is 0.815. The van der Waals surface area contributed by atoms with Gasteiger partial charge in [0, 0.05) is 12.1 Å². The van der Waals surface area contributed by atoms with Crippen LogP contribution in [0.4, 0.5) is 0 Å². The van der Waals surface area contributed by atoms with Crippen molar-refractivity contribution >= 4 is 11.8 Å². The molecular formula is C10H23NOS. The number of nitrogens with two attached hydrogens (primary N) is 1. The van der Waals surface area contributed by atoms with Gasteiger partial charge in [0.25, 0.3) is 0 Å². The van der Waals surface area contributed by atoms with Crippen LogP contribution in [0, 0.1) is 0 Å². The van der Waals surface area contributed by atoms with Gasteiger partial charge in [0.15, 0.2) is 0 Å². The van der Waals surface area contributed by atoms with Crippen molar-refractivity contribution in [1.29, 1.82) is 0 Å². The first kappa shape index (κ1) is 13.3. The van der Waals surface area contributed by atoms with E-state index < -0.39 is 0 Å². The van der Waals surface area contributed by atoms with Crippen molar-refractivity contribution in [2.24, 2.45) is 5.73 Å². The second kappa shape index (κ2) is 7.65. The highest BCUT2D eigenvalue weighted by atomic mass is 32.2. The van der Waals surface area contributed by atoms with E-state index in [1.807, 2.05) is 18.7 Å². The first-order valence-electron chi connectivity index (χ1n) is 5.06. The van der Waals surface area contributed by atoms with Crippen molar-refractivity contribution in [2.45, 2.75) is 39.2 Å². The van der Waals surface area contributed by atoms with Crippen LogP contribution in [0.1, 0.15) is 33.6 Å². The molecule has 0 saturated carbocycles. The summed E-state index contributed by atoms with van der Waals surface area (Å²) in [7, 11) is 0. The van der Waals surface area contributed by atoms with E-state index in [-0.39, 0.29) is 5.54 Å². The van der Waals surface area contributed by atoms with Gasteiger partial charge in [0.05, 0.1) is 6.61 Å². The van der Waals surface area contributed by atoms with Gasteiger partial charge in [-0.15, -0.1) is 0 Å². The first-order chi connectivity index (χ1) is 6.12.